The Kier molecular flexibility index (Phi) is 6.08. The van der Waals surface area contributed by atoms with Gasteiger partial charge in [-0.2, -0.15) is 5.10 Å². The minimum atomic E-state index is 0.0837. The molecule has 2 N–H and O–H groups in total. The van der Waals surface area contributed by atoms with E-state index in [-0.39, 0.29) is 6.10 Å². The molecule has 1 aromatic carbocycles. The van der Waals surface area contributed by atoms with Gasteiger partial charge in [-0.1, -0.05) is 6.07 Å². The van der Waals surface area contributed by atoms with Crippen LogP contribution in [0.5, 0.6) is 11.5 Å². The maximum Gasteiger partial charge on any atom is 0.214 e. The van der Waals surface area contributed by atoms with E-state index in [9.17, 15) is 0 Å². The van der Waals surface area contributed by atoms with Crippen LogP contribution < -0.4 is 14.9 Å². The molecule has 0 fully saturated rings. The second kappa shape index (κ2) is 8.68. The van der Waals surface area contributed by atoms with Crippen LogP contribution >= 0.6 is 12.2 Å². The summed E-state index contributed by atoms with van der Waals surface area (Å²) >= 11 is 5.35. The largest absolute Gasteiger partial charge is 0.490 e. The molecule has 0 aliphatic heterocycles. The molecule has 0 aliphatic carbocycles. The predicted octanol–water partition coefficient (Wildman–Crippen LogP) is 3.93. The Bertz CT molecular complexity index is 937. The number of H-pyrrole nitrogens is 1. The minimum Gasteiger partial charge on any atom is -0.490 e. The van der Waals surface area contributed by atoms with Crippen molar-refractivity contribution in [2.75, 3.05) is 12.0 Å². The number of aromatic nitrogens is 4. The molecule has 0 spiro atoms. The summed E-state index contributed by atoms with van der Waals surface area (Å²) in [7, 11) is 0. The molecule has 0 radical (unpaired) electrons. The van der Waals surface area contributed by atoms with E-state index < -0.39 is 0 Å². The van der Waals surface area contributed by atoms with Crippen LogP contribution in [0.3, 0.4) is 0 Å². The van der Waals surface area contributed by atoms with E-state index in [0.717, 1.165) is 22.6 Å². The van der Waals surface area contributed by atoms with Gasteiger partial charge in [-0.05, 0) is 62.8 Å². The van der Waals surface area contributed by atoms with Gasteiger partial charge in [0, 0.05) is 18.0 Å². The van der Waals surface area contributed by atoms with Gasteiger partial charge < -0.3 is 14.9 Å². The molecule has 7 nitrogen and oxygen atoms in total. The Morgan fingerprint density at radius 3 is 2.67 bits per heavy atom. The summed E-state index contributed by atoms with van der Waals surface area (Å²) in [5, 5.41) is 7.13. The van der Waals surface area contributed by atoms with E-state index in [0.29, 0.717) is 23.7 Å². The van der Waals surface area contributed by atoms with Crippen LogP contribution in [0.1, 0.15) is 26.3 Å². The van der Waals surface area contributed by atoms with Gasteiger partial charge in [0.1, 0.15) is 0 Å². The third-order valence-corrected chi connectivity index (χ3v) is 4.00. The van der Waals surface area contributed by atoms with Crippen LogP contribution in [-0.4, -0.2) is 32.6 Å². The second-order valence-electron chi connectivity index (χ2n) is 6.14. The molecule has 142 valence electrons. The van der Waals surface area contributed by atoms with Crippen molar-refractivity contribution in [3.8, 4) is 22.9 Å². The Labute approximate surface area is 163 Å². The van der Waals surface area contributed by atoms with E-state index in [1.165, 1.54) is 0 Å². The van der Waals surface area contributed by atoms with Crippen molar-refractivity contribution in [1.82, 2.24) is 19.9 Å². The topological polar surface area (TPSA) is 77.0 Å². The first kappa shape index (κ1) is 18.9. The van der Waals surface area contributed by atoms with Crippen molar-refractivity contribution in [3.63, 3.8) is 0 Å². The molecule has 0 amide bonds. The van der Waals surface area contributed by atoms with Crippen LogP contribution in [0.4, 0.5) is 0 Å². The van der Waals surface area contributed by atoms with Gasteiger partial charge in [-0.15, -0.1) is 0 Å². The zero-order valence-electron chi connectivity index (χ0n) is 15.6. The average Bonchev–Trinajstić information content (AvgIpc) is 3.03. The van der Waals surface area contributed by atoms with Gasteiger partial charge in [0.15, 0.2) is 17.3 Å². The van der Waals surface area contributed by atoms with Crippen molar-refractivity contribution in [2.45, 2.75) is 33.4 Å². The van der Waals surface area contributed by atoms with E-state index in [4.69, 9.17) is 21.7 Å². The summed E-state index contributed by atoms with van der Waals surface area (Å²) < 4.78 is 13.8. The molecular formula is C19H23N5O2S. The number of aromatic amines is 1. The van der Waals surface area contributed by atoms with Gasteiger partial charge in [0.2, 0.25) is 4.77 Å². The third-order valence-electron chi connectivity index (χ3n) is 3.72. The highest BCUT2D eigenvalue weighted by Gasteiger charge is 2.11. The highest BCUT2D eigenvalue weighted by molar-refractivity contribution is 7.71. The zero-order chi connectivity index (χ0) is 19.2. The lowest BCUT2D eigenvalue weighted by molar-refractivity contribution is 0.223. The standard InChI is InChI=1S/C19H23N5O2S/c1-4-25-17-11-14(5-6-16(17)26-13(2)3)12-21-24-18(22-23-19(24)27)15-7-9-20-10-8-15/h5-11,13,21H,4,12H2,1-3H3,(H,23,27). The fourth-order valence-corrected chi connectivity index (χ4v) is 2.79. The molecule has 3 aromatic rings. The lowest BCUT2D eigenvalue weighted by atomic mass is 10.2. The number of hydrogen-bond donors (Lipinski definition) is 2. The fourth-order valence-electron chi connectivity index (χ4n) is 2.59. The first-order valence-electron chi connectivity index (χ1n) is 8.82. The van der Waals surface area contributed by atoms with Crippen LogP contribution in [-0.2, 0) is 6.54 Å². The van der Waals surface area contributed by atoms with Crippen molar-refractivity contribution >= 4 is 12.2 Å². The highest BCUT2D eigenvalue weighted by Crippen LogP contribution is 2.29. The summed E-state index contributed by atoms with van der Waals surface area (Å²) in [6.07, 6.45) is 3.53. The molecule has 0 saturated carbocycles. The summed E-state index contributed by atoms with van der Waals surface area (Å²) in [4.78, 5) is 4.04. The van der Waals surface area contributed by atoms with Crippen LogP contribution in [0.25, 0.3) is 11.4 Å². The number of hydrogen-bond acceptors (Lipinski definition) is 6. The number of rotatable bonds is 8. The maximum atomic E-state index is 5.81. The fraction of sp³-hybridized carbons (Fsp3) is 0.316. The van der Waals surface area contributed by atoms with Crippen LogP contribution in [0.15, 0.2) is 42.7 Å². The molecule has 0 saturated heterocycles. The number of pyridine rings is 1. The number of nitrogens with zero attached hydrogens (tertiary/aromatic N) is 3. The van der Waals surface area contributed by atoms with E-state index in [1.807, 2.05) is 51.1 Å². The molecule has 3 rings (SSSR count). The lowest BCUT2D eigenvalue weighted by Gasteiger charge is -2.16. The average molecular weight is 385 g/mol. The van der Waals surface area contributed by atoms with Crippen LogP contribution in [0.2, 0.25) is 0 Å². The third kappa shape index (κ3) is 4.65. The molecule has 0 aliphatic rings. The maximum absolute atomic E-state index is 5.81. The summed E-state index contributed by atoms with van der Waals surface area (Å²) in [5.41, 5.74) is 5.27. The zero-order valence-corrected chi connectivity index (χ0v) is 16.4. The number of ether oxygens (including phenoxy) is 2. The van der Waals surface area contributed by atoms with Gasteiger partial charge in [0.25, 0.3) is 0 Å². The summed E-state index contributed by atoms with van der Waals surface area (Å²) in [5.74, 6) is 2.18. The van der Waals surface area contributed by atoms with Crippen molar-refractivity contribution in [2.24, 2.45) is 0 Å². The molecule has 2 heterocycles. The number of nitrogens with one attached hydrogen (secondary N) is 2. The quantitative estimate of drug-likeness (QED) is 0.572. The molecular weight excluding hydrogens is 362 g/mol. The Hall–Kier alpha value is -2.87. The van der Waals surface area contributed by atoms with Crippen molar-refractivity contribution in [3.05, 3.63) is 53.1 Å². The van der Waals surface area contributed by atoms with Gasteiger partial charge in [-0.3, -0.25) is 4.98 Å². The Morgan fingerprint density at radius 2 is 1.96 bits per heavy atom. The number of benzene rings is 1. The SMILES string of the molecule is CCOc1cc(CNn2c(-c3ccncc3)n[nH]c2=S)ccc1OC(C)C. The molecule has 27 heavy (non-hydrogen) atoms. The lowest BCUT2D eigenvalue weighted by Crippen LogP contribution is -2.16. The monoisotopic (exact) mass is 385 g/mol. The summed E-state index contributed by atoms with van der Waals surface area (Å²) in [6, 6.07) is 9.68. The Morgan fingerprint density at radius 1 is 1.19 bits per heavy atom. The second-order valence-corrected chi connectivity index (χ2v) is 6.53. The highest BCUT2D eigenvalue weighted by atomic mass is 32.1. The normalized spacial score (nSPS) is 10.8. The first-order valence-corrected chi connectivity index (χ1v) is 9.23. The smallest absolute Gasteiger partial charge is 0.214 e. The molecule has 0 unspecified atom stereocenters. The van der Waals surface area contributed by atoms with Gasteiger partial charge in [-0.25, -0.2) is 9.77 Å². The summed E-state index contributed by atoms with van der Waals surface area (Å²) in [6.45, 7) is 7.06. The van der Waals surface area contributed by atoms with E-state index in [1.54, 1.807) is 17.1 Å². The van der Waals surface area contributed by atoms with Gasteiger partial charge in [0.05, 0.1) is 19.3 Å². The van der Waals surface area contributed by atoms with E-state index in [2.05, 4.69) is 20.6 Å². The predicted molar refractivity (Wildman–Crippen MR) is 107 cm³/mol. The van der Waals surface area contributed by atoms with Crippen molar-refractivity contribution in [1.29, 1.82) is 0 Å². The molecule has 8 heteroatoms. The minimum absolute atomic E-state index is 0.0837. The molecule has 2 aromatic heterocycles. The molecule has 0 atom stereocenters. The van der Waals surface area contributed by atoms with Crippen molar-refractivity contribution < 1.29 is 9.47 Å². The first-order chi connectivity index (χ1) is 13.1. The van der Waals surface area contributed by atoms with Gasteiger partial charge >= 0.3 is 0 Å². The molecule has 0 bridgehead atoms. The Balaban J connectivity index is 1.80. The van der Waals surface area contributed by atoms with Crippen LogP contribution in [0, 0.1) is 4.77 Å². The van der Waals surface area contributed by atoms with E-state index >= 15 is 0 Å².